The summed E-state index contributed by atoms with van der Waals surface area (Å²) in [5, 5.41) is 10.3. The minimum Gasteiger partial charge on any atom is -0.382 e. The first-order valence-electron chi connectivity index (χ1n) is 5.40. The number of carbonyl (C=O) groups excluding carboxylic acids is 1. The summed E-state index contributed by atoms with van der Waals surface area (Å²) in [6, 6.07) is 1.84. The first-order chi connectivity index (χ1) is 8.70. The predicted molar refractivity (Wildman–Crippen MR) is 70.6 cm³/mol. The third-order valence-electron chi connectivity index (χ3n) is 2.26. The molecule has 0 aromatic carbocycles. The minimum atomic E-state index is -0.210. The standard InChI is InChI=1S/C10H14N6OS/c1-12-10-15-8(11)7(18-10)9(17)13-4-6-16-5-2-3-14-16/h2-3,5H,4,6,11H2,1H3,(H,12,15)(H,13,17). The van der Waals surface area contributed by atoms with E-state index in [9.17, 15) is 4.79 Å². The summed E-state index contributed by atoms with van der Waals surface area (Å²) in [6.07, 6.45) is 3.54. The third-order valence-corrected chi connectivity index (χ3v) is 3.35. The summed E-state index contributed by atoms with van der Waals surface area (Å²) < 4.78 is 1.75. The number of amides is 1. The van der Waals surface area contributed by atoms with Gasteiger partial charge in [-0.25, -0.2) is 4.98 Å². The average Bonchev–Trinajstić information content (AvgIpc) is 2.98. The molecule has 18 heavy (non-hydrogen) atoms. The van der Waals surface area contributed by atoms with E-state index in [1.54, 1.807) is 17.9 Å². The van der Waals surface area contributed by atoms with Crippen molar-refractivity contribution in [3.63, 3.8) is 0 Å². The maximum Gasteiger partial charge on any atom is 0.265 e. The predicted octanol–water partition coefficient (Wildman–Crippen LogP) is 0.394. The molecule has 1 amide bonds. The van der Waals surface area contributed by atoms with E-state index >= 15 is 0 Å². The van der Waals surface area contributed by atoms with Crippen molar-refractivity contribution in [2.24, 2.45) is 0 Å². The van der Waals surface area contributed by atoms with Crippen LogP contribution >= 0.6 is 11.3 Å². The van der Waals surface area contributed by atoms with Gasteiger partial charge < -0.3 is 16.4 Å². The van der Waals surface area contributed by atoms with Crippen LogP contribution in [-0.4, -0.2) is 34.3 Å². The highest BCUT2D eigenvalue weighted by atomic mass is 32.1. The lowest BCUT2D eigenvalue weighted by Crippen LogP contribution is -2.27. The molecule has 2 rings (SSSR count). The van der Waals surface area contributed by atoms with Gasteiger partial charge in [0.05, 0.1) is 6.54 Å². The molecule has 0 aliphatic carbocycles. The van der Waals surface area contributed by atoms with E-state index in [4.69, 9.17) is 5.73 Å². The number of aromatic nitrogens is 3. The Kier molecular flexibility index (Phi) is 3.78. The zero-order valence-electron chi connectivity index (χ0n) is 9.88. The molecule has 0 unspecified atom stereocenters. The SMILES string of the molecule is CNc1nc(N)c(C(=O)NCCn2cccn2)s1. The number of nitrogens with one attached hydrogen (secondary N) is 2. The lowest BCUT2D eigenvalue weighted by Gasteiger charge is -2.03. The molecule has 2 heterocycles. The Morgan fingerprint density at radius 2 is 2.44 bits per heavy atom. The highest BCUT2D eigenvalue weighted by molar-refractivity contribution is 7.18. The van der Waals surface area contributed by atoms with Gasteiger partial charge in [0.15, 0.2) is 5.13 Å². The van der Waals surface area contributed by atoms with E-state index < -0.39 is 0 Å². The second kappa shape index (κ2) is 5.50. The summed E-state index contributed by atoms with van der Waals surface area (Å²) in [5.74, 6) is 0.0413. The number of nitrogen functional groups attached to an aromatic ring is 1. The van der Waals surface area contributed by atoms with Crippen molar-refractivity contribution in [3.8, 4) is 0 Å². The van der Waals surface area contributed by atoms with Crippen LogP contribution in [0.25, 0.3) is 0 Å². The molecule has 0 fully saturated rings. The number of thiazole rings is 1. The lowest BCUT2D eigenvalue weighted by molar-refractivity contribution is 0.0956. The van der Waals surface area contributed by atoms with Crippen LogP contribution in [0.3, 0.4) is 0 Å². The van der Waals surface area contributed by atoms with Gasteiger partial charge >= 0.3 is 0 Å². The minimum absolute atomic E-state index is 0.210. The van der Waals surface area contributed by atoms with E-state index in [1.165, 1.54) is 11.3 Å². The van der Waals surface area contributed by atoms with Gasteiger partial charge in [-0.3, -0.25) is 9.48 Å². The Labute approximate surface area is 108 Å². The molecule has 0 saturated carbocycles. The molecule has 0 saturated heterocycles. The van der Waals surface area contributed by atoms with Gasteiger partial charge in [0.1, 0.15) is 10.7 Å². The highest BCUT2D eigenvalue weighted by Gasteiger charge is 2.14. The van der Waals surface area contributed by atoms with Crippen LogP contribution in [-0.2, 0) is 6.54 Å². The van der Waals surface area contributed by atoms with Crippen LogP contribution in [0.1, 0.15) is 9.67 Å². The van der Waals surface area contributed by atoms with Gasteiger partial charge in [0, 0.05) is 26.0 Å². The van der Waals surface area contributed by atoms with E-state index in [0.29, 0.717) is 23.1 Å². The van der Waals surface area contributed by atoms with Crippen molar-refractivity contribution in [2.45, 2.75) is 6.54 Å². The monoisotopic (exact) mass is 266 g/mol. The van der Waals surface area contributed by atoms with Gasteiger partial charge in [0.2, 0.25) is 0 Å². The molecule has 2 aromatic heterocycles. The van der Waals surface area contributed by atoms with Crippen LogP contribution in [0.2, 0.25) is 0 Å². The van der Waals surface area contributed by atoms with Gasteiger partial charge in [-0.15, -0.1) is 0 Å². The molecule has 0 atom stereocenters. The largest absolute Gasteiger partial charge is 0.382 e. The molecule has 0 aliphatic rings. The molecule has 0 spiro atoms. The summed E-state index contributed by atoms with van der Waals surface area (Å²) in [5.41, 5.74) is 5.67. The van der Waals surface area contributed by atoms with Crippen LogP contribution < -0.4 is 16.4 Å². The Hall–Kier alpha value is -2.09. The van der Waals surface area contributed by atoms with Gasteiger partial charge in [-0.2, -0.15) is 5.10 Å². The molecule has 0 bridgehead atoms. The summed E-state index contributed by atoms with van der Waals surface area (Å²) >= 11 is 1.23. The van der Waals surface area contributed by atoms with Crippen LogP contribution in [0.15, 0.2) is 18.5 Å². The number of hydrogen-bond acceptors (Lipinski definition) is 6. The highest BCUT2D eigenvalue weighted by Crippen LogP contribution is 2.23. The second-order valence-corrected chi connectivity index (χ2v) is 4.51. The molecule has 7 nitrogen and oxygen atoms in total. The van der Waals surface area contributed by atoms with Crippen molar-refractivity contribution < 1.29 is 4.79 Å². The molecule has 0 radical (unpaired) electrons. The fraction of sp³-hybridized carbons (Fsp3) is 0.300. The van der Waals surface area contributed by atoms with Gasteiger partial charge in [0.25, 0.3) is 5.91 Å². The number of hydrogen-bond donors (Lipinski definition) is 3. The number of nitrogens with zero attached hydrogens (tertiary/aromatic N) is 3. The lowest BCUT2D eigenvalue weighted by atomic mass is 10.4. The Morgan fingerprint density at radius 3 is 3.06 bits per heavy atom. The Morgan fingerprint density at radius 1 is 1.61 bits per heavy atom. The van der Waals surface area contributed by atoms with E-state index in [2.05, 4.69) is 20.7 Å². The summed E-state index contributed by atoms with van der Waals surface area (Å²) in [7, 11) is 1.73. The molecule has 2 aromatic rings. The number of nitrogens with two attached hydrogens (primary N) is 1. The zero-order valence-corrected chi connectivity index (χ0v) is 10.7. The van der Waals surface area contributed by atoms with Gasteiger partial charge in [-0.1, -0.05) is 11.3 Å². The fourth-order valence-electron chi connectivity index (χ4n) is 1.40. The van der Waals surface area contributed by atoms with Crippen molar-refractivity contribution in [1.29, 1.82) is 0 Å². The van der Waals surface area contributed by atoms with Crippen molar-refractivity contribution in [2.75, 3.05) is 24.6 Å². The molecule has 0 aliphatic heterocycles. The number of rotatable bonds is 5. The van der Waals surface area contributed by atoms with E-state index in [1.807, 2.05) is 12.3 Å². The van der Waals surface area contributed by atoms with Crippen molar-refractivity contribution in [1.82, 2.24) is 20.1 Å². The van der Waals surface area contributed by atoms with Crippen LogP contribution in [0.4, 0.5) is 10.9 Å². The number of carbonyl (C=O) groups is 1. The Balaban J connectivity index is 1.89. The number of anilines is 2. The topological polar surface area (TPSA) is 97.9 Å². The molecular formula is C10H14N6OS. The second-order valence-electron chi connectivity index (χ2n) is 3.51. The van der Waals surface area contributed by atoms with Crippen LogP contribution in [0, 0.1) is 0 Å². The quantitative estimate of drug-likeness (QED) is 0.727. The average molecular weight is 266 g/mol. The zero-order chi connectivity index (χ0) is 13.0. The Bertz CT molecular complexity index is 520. The molecule has 96 valence electrons. The maximum atomic E-state index is 11.8. The first kappa shape index (κ1) is 12.4. The fourth-order valence-corrected chi connectivity index (χ4v) is 2.15. The molecule has 8 heteroatoms. The first-order valence-corrected chi connectivity index (χ1v) is 6.22. The van der Waals surface area contributed by atoms with E-state index in [-0.39, 0.29) is 11.7 Å². The third kappa shape index (κ3) is 2.77. The van der Waals surface area contributed by atoms with Crippen molar-refractivity contribution in [3.05, 3.63) is 23.3 Å². The van der Waals surface area contributed by atoms with Crippen LogP contribution in [0.5, 0.6) is 0 Å². The normalized spacial score (nSPS) is 10.3. The van der Waals surface area contributed by atoms with Crippen molar-refractivity contribution >= 4 is 28.2 Å². The maximum absolute atomic E-state index is 11.8. The van der Waals surface area contributed by atoms with E-state index in [0.717, 1.165) is 0 Å². The molecule has 4 N–H and O–H groups in total. The smallest absolute Gasteiger partial charge is 0.265 e. The summed E-state index contributed by atoms with van der Waals surface area (Å²) in [4.78, 5) is 16.3. The van der Waals surface area contributed by atoms with Gasteiger partial charge in [-0.05, 0) is 6.07 Å². The molecular weight excluding hydrogens is 252 g/mol. The summed E-state index contributed by atoms with van der Waals surface area (Å²) in [6.45, 7) is 1.11.